The Morgan fingerprint density at radius 2 is 1.67 bits per heavy atom. The second kappa shape index (κ2) is 14.4. The van der Waals surface area contributed by atoms with Crippen molar-refractivity contribution in [3.8, 4) is 11.5 Å². The summed E-state index contributed by atoms with van der Waals surface area (Å²) in [7, 11) is 4.75. The van der Waals surface area contributed by atoms with Crippen LogP contribution in [0.25, 0.3) is 10.9 Å². The lowest BCUT2D eigenvalue weighted by Crippen LogP contribution is -2.46. The zero-order valence-electron chi connectivity index (χ0n) is 25.0. The van der Waals surface area contributed by atoms with Gasteiger partial charge < -0.3 is 34.3 Å². The highest BCUT2D eigenvalue weighted by Gasteiger charge is 2.23. The Bertz CT molecular complexity index is 1520. The van der Waals surface area contributed by atoms with Gasteiger partial charge in [-0.2, -0.15) is 0 Å². The molecule has 0 bridgehead atoms. The van der Waals surface area contributed by atoms with E-state index in [2.05, 4.69) is 16.4 Å². The van der Waals surface area contributed by atoms with Crippen molar-refractivity contribution in [3.05, 3.63) is 89.1 Å². The number of hydrogen-bond acceptors (Lipinski definition) is 5. The lowest BCUT2D eigenvalue weighted by atomic mass is 10.1. The highest BCUT2D eigenvalue weighted by atomic mass is 16.5. The number of H-pyrrole nitrogens is 1. The third kappa shape index (κ3) is 7.61. The first-order chi connectivity index (χ1) is 20.3. The van der Waals surface area contributed by atoms with Crippen LogP contribution in [-0.2, 0) is 22.5 Å². The molecule has 0 atom stereocenters. The molecule has 1 heterocycles. The van der Waals surface area contributed by atoms with Gasteiger partial charge in [-0.25, -0.2) is 4.79 Å². The van der Waals surface area contributed by atoms with E-state index >= 15 is 0 Å². The monoisotopic (exact) mass is 572 g/mol. The second-order valence-corrected chi connectivity index (χ2v) is 10.3. The van der Waals surface area contributed by atoms with Gasteiger partial charge in [0.2, 0.25) is 5.91 Å². The number of carbonyl (C=O) groups is 2. The second-order valence-electron chi connectivity index (χ2n) is 10.3. The van der Waals surface area contributed by atoms with Gasteiger partial charge in [0.25, 0.3) is 0 Å². The number of carbonyl (C=O) groups excluding carboxylic acids is 2. The number of fused-ring (bicyclic) bond motifs is 1. The Morgan fingerprint density at radius 3 is 2.40 bits per heavy atom. The quantitative estimate of drug-likeness (QED) is 0.219. The van der Waals surface area contributed by atoms with Gasteiger partial charge >= 0.3 is 6.03 Å². The van der Waals surface area contributed by atoms with E-state index in [-0.39, 0.29) is 25.0 Å². The van der Waals surface area contributed by atoms with Crippen LogP contribution in [0.1, 0.15) is 22.3 Å². The number of aryl methyl sites for hydroxylation is 2. The molecule has 0 spiro atoms. The van der Waals surface area contributed by atoms with Crippen LogP contribution in [0.4, 0.5) is 10.5 Å². The van der Waals surface area contributed by atoms with Crippen molar-refractivity contribution in [3.63, 3.8) is 0 Å². The lowest BCUT2D eigenvalue weighted by Gasteiger charge is -2.28. The van der Waals surface area contributed by atoms with Crippen molar-refractivity contribution >= 4 is 28.5 Å². The molecule has 42 heavy (non-hydrogen) atoms. The van der Waals surface area contributed by atoms with Crippen LogP contribution in [0.5, 0.6) is 11.5 Å². The van der Waals surface area contributed by atoms with Crippen LogP contribution in [0, 0.1) is 13.8 Å². The Labute approximate surface area is 247 Å². The number of benzene rings is 3. The zero-order chi connectivity index (χ0) is 30.1. The smallest absolute Gasteiger partial charge is 0.322 e. The summed E-state index contributed by atoms with van der Waals surface area (Å²) in [5, 5.41) is 4.10. The van der Waals surface area contributed by atoms with E-state index in [1.165, 1.54) is 4.90 Å². The Kier molecular flexibility index (Phi) is 10.4. The molecule has 2 N–H and O–H groups in total. The summed E-state index contributed by atoms with van der Waals surface area (Å²) >= 11 is 0. The summed E-state index contributed by atoms with van der Waals surface area (Å²) in [4.78, 5) is 33.9. The third-order valence-corrected chi connectivity index (χ3v) is 7.30. The average Bonchev–Trinajstić information content (AvgIpc) is 3.41. The molecule has 0 aliphatic carbocycles. The number of amides is 3. The van der Waals surface area contributed by atoms with Crippen molar-refractivity contribution < 1.29 is 23.8 Å². The van der Waals surface area contributed by atoms with Crippen LogP contribution in [0.15, 0.2) is 66.9 Å². The molecule has 0 fully saturated rings. The SMILES string of the molecule is COCCN(CC(=O)N(CCc1c[nH]c2ccccc12)Cc1ccc(OC)c(OC)c1)C(=O)Nc1ccc(C)cc1C. The van der Waals surface area contributed by atoms with Gasteiger partial charge in [0.05, 0.1) is 20.8 Å². The highest BCUT2D eigenvalue weighted by molar-refractivity contribution is 5.93. The molecular weight excluding hydrogens is 532 g/mol. The molecule has 0 saturated carbocycles. The van der Waals surface area contributed by atoms with Gasteiger partial charge in [0, 0.05) is 49.5 Å². The normalized spacial score (nSPS) is 10.9. The first kappa shape index (κ1) is 30.5. The molecule has 1 aromatic heterocycles. The molecule has 0 radical (unpaired) electrons. The first-order valence-electron chi connectivity index (χ1n) is 14.0. The summed E-state index contributed by atoms with van der Waals surface area (Å²) in [6, 6.07) is 19.2. The number of ether oxygens (including phenoxy) is 3. The fourth-order valence-electron chi connectivity index (χ4n) is 4.95. The fourth-order valence-corrected chi connectivity index (χ4v) is 4.95. The van der Waals surface area contributed by atoms with Gasteiger partial charge in [-0.1, -0.05) is 42.0 Å². The largest absolute Gasteiger partial charge is 0.493 e. The van der Waals surface area contributed by atoms with E-state index in [1.54, 1.807) is 26.2 Å². The van der Waals surface area contributed by atoms with Gasteiger partial charge in [0.15, 0.2) is 11.5 Å². The van der Waals surface area contributed by atoms with Gasteiger partial charge in [-0.15, -0.1) is 0 Å². The van der Waals surface area contributed by atoms with Crippen LogP contribution >= 0.6 is 0 Å². The predicted octanol–water partition coefficient (Wildman–Crippen LogP) is 5.55. The molecule has 0 unspecified atom stereocenters. The minimum absolute atomic E-state index is 0.0960. The molecule has 9 heteroatoms. The van der Waals surface area contributed by atoms with Crippen LogP contribution in [-0.4, -0.2) is 74.3 Å². The molecule has 9 nitrogen and oxygen atoms in total. The van der Waals surface area contributed by atoms with Gasteiger partial charge in [0.1, 0.15) is 6.54 Å². The number of anilines is 1. The molecule has 0 saturated heterocycles. The molecule has 0 aliphatic heterocycles. The number of rotatable bonds is 13. The maximum Gasteiger partial charge on any atom is 0.322 e. The van der Waals surface area contributed by atoms with E-state index in [9.17, 15) is 9.59 Å². The van der Waals surface area contributed by atoms with Crippen LogP contribution in [0.2, 0.25) is 0 Å². The van der Waals surface area contributed by atoms with Crippen molar-refractivity contribution in [1.82, 2.24) is 14.8 Å². The van der Waals surface area contributed by atoms with E-state index in [1.807, 2.05) is 74.6 Å². The number of methoxy groups -OCH3 is 3. The van der Waals surface area contributed by atoms with Crippen molar-refractivity contribution in [2.24, 2.45) is 0 Å². The molecule has 4 rings (SSSR count). The maximum absolute atomic E-state index is 13.9. The number of nitrogens with one attached hydrogen (secondary N) is 2. The number of aromatic nitrogens is 1. The van der Waals surface area contributed by atoms with Crippen LogP contribution in [0.3, 0.4) is 0 Å². The number of hydrogen-bond donors (Lipinski definition) is 2. The minimum Gasteiger partial charge on any atom is -0.493 e. The lowest BCUT2D eigenvalue weighted by molar-refractivity contribution is -0.132. The summed E-state index contributed by atoms with van der Waals surface area (Å²) in [6.45, 7) is 5.24. The van der Waals surface area contributed by atoms with E-state index in [0.29, 0.717) is 43.3 Å². The minimum atomic E-state index is -0.352. The molecule has 222 valence electrons. The Balaban J connectivity index is 1.56. The van der Waals surface area contributed by atoms with Crippen molar-refractivity contribution in [1.29, 1.82) is 0 Å². The molecule has 3 amide bonds. The average molecular weight is 573 g/mol. The highest BCUT2D eigenvalue weighted by Crippen LogP contribution is 2.28. The summed E-state index contributed by atoms with van der Waals surface area (Å²) in [5.41, 5.74) is 5.84. The summed E-state index contributed by atoms with van der Waals surface area (Å²) in [6.07, 6.45) is 2.64. The van der Waals surface area contributed by atoms with Crippen molar-refractivity contribution in [2.75, 3.05) is 52.9 Å². The number of nitrogens with zero attached hydrogens (tertiary/aromatic N) is 2. The first-order valence-corrected chi connectivity index (χ1v) is 14.0. The number of aromatic amines is 1. The summed E-state index contributed by atoms with van der Waals surface area (Å²) in [5.74, 6) is 1.04. The third-order valence-electron chi connectivity index (χ3n) is 7.30. The molecule has 0 aliphatic rings. The Hall–Kier alpha value is -4.50. The zero-order valence-corrected chi connectivity index (χ0v) is 25.0. The Morgan fingerprint density at radius 1 is 0.881 bits per heavy atom. The number of para-hydroxylation sites is 1. The maximum atomic E-state index is 13.9. The van der Waals surface area contributed by atoms with E-state index in [0.717, 1.165) is 33.2 Å². The van der Waals surface area contributed by atoms with E-state index < -0.39 is 0 Å². The number of urea groups is 1. The standard InChI is InChI=1S/C33H40N4O5/c1-23-10-12-28(24(2)18-23)35-33(39)37(16-17-40-3)22-32(38)36(21-25-11-13-30(41-4)31(19-25)42-5)15-14-26-20-34-29-9-7-6-8-27(26)29/h6-13,18-20,34H,14-17,21-22H2,1-5H3,(H,35,39). The molecule has 3 aromatic carbocycles. The predicted molar refractivity (Wildman–Crippen MR) is 165 cm³/mol. The van der Waals surface area contributed by atoms with Gasteiger partial charge in [-0.3, -0.25) is 4.79 Å². The van der Waals surface area contributed by atoms with E-state index in [4.69, 9.17) is 14.2 Å². The van der Waals surface area contributed by atoms with Gasteiger partial charge in [-0.05, 0) is 61.2 Å². The molecular formula is C33H40N4O5. The summed E-state index contributed by atoms with van der Waals surface area (Å²) < 4.78 is 16.1. The molecule has 4 aromatic rings. The topological polar surface area (TPSA) is 96.1 Å². The van der Waals surface area contributed by atoms with Crippen molar-refractivity contribution in [2.45, 2.75) is 26.8 Å². The van der Waals surface area contributed by atoms with Crippen LogP contribution < -0.4 is 14.8 Å². The fraction of sp³-hybridized carbons (Fsp3) is 0.333.